The average Bonchev–Trinajstić information content (AvgIpc) is 3.55. The van der Waals surface area contributed by atoms with Crippen LogP contribution in [0.3, 0.4) is 0 Å². The molecule has 1 N–H and O–H groups in total. The maximum atomic E-state index is 12.6. The Morgan fingerprint density at radius 3 is 2.18 bits per heavy atom. The molecule has 0 bridgehead atoms. The Morgan fingerprint density at radius 1 is 1.07 bits per heavy atom. The highest BCUT2D eigenvalue weighted by Gasteiger charge is 2.33. The van der Waals surface area contributed by atoms with Crippen molar-refractivity contribution in [2.75, 3.05) is 21.3 Å². The third-order valence-corrected chi connectivity index (χ3v) is 5.26. The second-order valence-electron chi connectivity index (χ2n) is 6.97. The van der Waals surface area contributed by atoms with Gasteiger partial charge >= 0.3 is 0 Å². The van der Waals surface area contributed by atoms with E-state index in [1.165, 1.54) is 0 Å². The molecule has 1 aliphatic carbocycles. The van der Waals surface area contributed by atoms with Crippen LogP contribution in [-0.2, 0) is 11.2 Å². The van der Waals surface area contributed by atoms with Gasteiger partial charge in [0.1, 0.15) is 0 Å². The quantitative estimate of drug-likeness (QED) is 0.666. The minimum atomic E-state index is 0.0283. The van der Waals surface area contributed by atoms with Crippen LogP contribution in [0.5, 0.6) is 17.2 Å². The fourth-order valence-electron chi connectivity index (χ4n) is 3.36. The first-order valence-corrected chi connectivity index (χ1v) is 9.77. The second-order valence-corrected chi connectivity index (χ2v) is 7.40. The molecule has 0 saturated heterocycles. The van der Waals surface area contributed by atoms with Gasteiger partial charge in [0.25, 0.3) is 0 Å². The number of amides is 1. The molecule has 1 saturated carbocycles. The van der Waals surface area contributed by atoms with Crippen LogP contribution in [0, 0.1) is 5.92 Å². The van der Waals surface area contributed by atoms with E-state index in [0.29, 0.717) is 41.0 Å². The Bertz CT molecular complexity index is 793. The number of halogens is 1. The van der Waals surface area contributed by atoms with Crippen LogP contribution in [0.25, 0.3) is 0 Å². The van der Waals surface area contributed by atoms with Gasteiger partial charge in [-0.25, -0.2) is 0 Å². The molecule has 1 unspecified atom stereocenters. The third-order valence-electron chi connectivity index (χ3n) is 5.00. The fraction of sp³-hybridized carbons (Fsp3) is 0.409. The number of hydrogen-bond donors (Lipinski definition) is 1. The predicted molar refractivity (Wildman–Crippen MR) is 109 cm³/mol. The van der Waals surface area contributed by atoms with E-state index in [2.05, 4.69) is 5.32 Å². The van der Waals surface area contributed by atoms with Crippen molar-refractivity contribution in [1.82, 2.24) is 5.32 Å². The van der Waals surface area contributed by atoms with Gasteiger partial charge in [0.15, 0.2) is 11.5 Å². The molecule has 6 heteroatoms. The molecule has 1 aliphatic rings. The van der Waals surface area contributed by atoms with Crippen molar-refractivity contribution >= 4 is 17.5 Å². The highest BCUT2D eigenvalue weighted by molar-refractivity contribution is 6.30. The Kier molecular flexibility index (Phi) is 6.68. The van der Waals surface area contributed by atoms with E-state index >= 15 is 0 Å². The molecule has 2 aromatic carbocycles. The summed E-state index contributed by atoms with van der Waals surface area (Å²) in [6.45, 7) is 0. The van der Waals surface area contributed by atoms with Gasteiger partial charge in [0, 0.05) is 11.4 Å². The van der Waals surface area contributed by atoms with E-state index in [-0.39, 0.29) is 11.9 Å². The molecule has 0 radical (unpaired) electrons. The molecule has 0 aliphatic heterocycles. The fourth-order valence-corrected chi connectivity index (χ4v) is 3.48. The van der Waals surface area contributed by atoms with Gasteiger partial charge in [-0.15, -0.1) is 0 Å². The van der Waals surface area contributed by atoms with E-state index in [9.17, 15) is 4.79 Å². The zero-order valence-corrected chi connectivity index (χ0v) is 17.2. The van der Waals surface area contributed by atoms with Gasteiger partial charge in [-0.3, -0.25) is 4.79 Å². The number of nitrogens with one attached hydrogen (secondary N) is 1. The summed E-state index contributed by atoms with van der Waals surface area (Å²) in [5.41, 5.74) is 2.06. The molecule has 28 heavy (non-hydrogen) atoms. The molecule has 1 atom stereocenters. The smallest absolute Gasteiger partial charge is 0.220 e. The second kappa shape index (κ2) is 9.20. The Hall–Kier alpha value is -2.40. The van der Waals surface area contributed by atoms with Crippen molar-refractivity contribution in [3.05, 3.63) is 52.5 Å². The summed E-state index contributed by atoms with van der Waals surface area (Å²) >= 11 is 5.99. The molecule has 1 fully saturated rings. The average molecular weight is 404 g/mol. The third kappa shape index (κ3) is 4.90. The molecule has 3 rings (SSSR count). The summed E-state index contributed by atoms with van der Waals surface area (Å²) in [6.07, 6.45) is 3.25. The largest absolute Gasteiger partial charge is 0.493 e. The first-order chi connectivity index (χ1) is 13.5. The van der Waals surface area contributed by atoms with Crippen LogP contribution in [0.2, 0.25) is 5.02 Å². The van der Waals surface area contributed by atoms with Crippen LogP contribution in [0.15, 0.2) is 36.4 Å². The lowest BCUT2D eigenvalue weighted by molar-refractivity contribution is -0.122. The Balaban J connectivity index is 1.65. The lowest BCUT2D eigenvalue weighted by atomic mass is 10.0. The van der Waals surface area contributed by atoms with Crippen molar-refractivity contribution < 1.29 is 19.0 Å². The summed E-state index contributed by atoms with van der Waals surface area (Å²) < 4.78 is 16.1. The SMILES string of the molecule is COc1cc(CCC(=O)NC(c2ccc(Cl)cc2)C2CC2)cc(OC)c1OC. The monoisotopic (exact) mass is 403 g/mol. The normalized spacial score (nSPS) is 14.3. The molecule has 2 aromatic rings. The summed E-state index contributed by atoms with van der Waals surface area (Å²) in [5, 5.41) is 3.90. The van der Waals surface area contributed by atoms with Crippen LogP contribution in [0.1, 0.15) is 36.4 Å². The number of rotatable bonds is 9. The van der Waals surface area contributed by atoms with Crippen molar-refractivity contribution in [3.8, 4) is 17.2 Å². The van der Waals surface area contributed by atoms with E-state index in [0.717, 1.165) is 24.0 Å². The van der Waals surface area contributed by atoms with Crippen LogP contribution in [0.4, 0.5) is 0 Å². The summed E-state index contributed by atoms with van der Waals surface area (Å²) in [7, 11) is 4.74. The number of methoxy groups -OCH3 is 3. The number of carbonyl (C=O) groups excluding carboxylic acids is 1. The number of ether oxygens (including phenoxy) is 3. The first kappa shape index (κ1) is 20.3. The summed E-state index contributed by atoms with van der Waals surface area (Å²) in [5.74, 6) is 2.27. The lowest BCUT2D eigenvalue weighted by Crippen LogP contribution is -2.30. The van der Waals surface area contributed by atoms with Crippen molar-refractivity contribution in [1.29, 1.82) is 0 Å². The number of aryl methyl sites for hydroxylation is 1. The molecule has 0 aromatic heterocycles. The molecule has 150 valence electrons. The highest BCUT2D eigenvalue weighted by atomic mass is 35.5. The van der Waals surface area contributed by atoms with Crippen LogP contribution in [-0.4, -0.2) is 27.2 Å². The highest BCUT2D eigenvalue weighted by Crippen LogP contribution is 2.41. The molecular formula is C22H26ClNO4. The molecule has 0 heterocycles. The topological polar surface area (TPSA) is 56.8 Å². The molecular weight excluding hydrogens is 378 g/mol. The van der Waals surface area contributed by atoms with Crippen molar-refractivity contribution in [3.63, 3.8) is 0 Å². The van der Waals surface area contributed by atoms with Gasteiger partial charge in [0.05, 0.1) is 27.4 Å². The van der Waals surface area contributed by atoms with Crippen LogP contribution < -0.4 is 19.5 Å². The van der Waals surface area contributed by atoms with Crippen LogP contribution >= 0.6 is 11.6 Å². The summed E-state index contributed by atoms with van der Waals surface area (Å²) in [6, 6.07) is 11.5. The zero-order chi connectivity index (χ0) is 20.1. The van der Waals surface area contributed by atoms with Crippen molar-refractivity contribution in [2.24, 2.45) is 5.92 Å². The Labute approximate surface area is 170 Å². The van der Waals surface area contributed by atoms with Gasteiger partial charge in [-0.05, 0) is 60.6 Å². The van der Waals surface area contributed by atoms with E-state index < -0.39 is 0 Å². The minimum absolute atomic E-state index is 0.0283. The first-order valence-electron chi connectivity index (χ1n) is 9.39. The van der Waals surface area contributed by atoms with E-state index in [4.69, 9.17) is 25.8 Å². The number of benzene rings is 2. The Morgan fingerprint density at radius 2 is 1.68 bits per heavy atom. The minimum Gasteiger partial charge on any atom is -0.493 e. The van der Waals surface area contributed by atoms with E-state index in [1.807, 2.05) is 36.4 Å². The standard InChI is InChI=1S/C22H26ClNO4/c1-26-18-12-14(13-19(27-2)22(18)28-3)4-11-20(25)24-21(15-5-6-15)16-7-9-17(23)10-8-16/h7-10,12-13,15,21H,4-6,11H2,1-3H3,(H,24,25). The number of carbonyl (C=O) groups is 1. The maximum Gasteiger partial charge on any atom is 0.220 e. The van der Waals surface area contributed by atoms with Crippen molar-refractivity contribution in [2.45, 2.75) is 31.7 Å². The zero-order valence-electron chi connectivity index (χ0n) is 16.5. The molecule has 0 spiro atoms. The van der Waals surface area contributed by atoms with E-state index in [1.54, 1.807) is 21.3 Å². The predicted octanol–water partition coefficient (Wildman–Crippen LogP) is 4.57. The molecule has 1 amide bonds. The lowest BCUT2D eigenvalue weighted by Gasteiger charge is -2.19. The maximum absolute atomic E-state index is 12.6. The number of hydrogen-bond acceptors (Lipinski definition) is 4. The molecule has 5 nitrogen and oxygen atoms in total. The summed E-state index contributed by atoms with van der Waals surface area (Å²) in [4.78, 5) is 12.6. The van der Waals surface area contributed by atoms with Gasteiger partial charge in [-0.1, -0.05) is 23.7 Å². The van der Waals surface area contributed by atoms with Gasteiger partial charge in [-0.2, -0.15) is 0 Å². The van der Waals surface area contributed by atoms with Gasteiger partial charge < -0.3 is 19.5 Å². The van der Waals surface area contributed by atoms with Gasteiger partial charge in [0.2, 0.25) is 11.7 Å².